The average Bonchev–Trinajstić information content (AvgIpc) is 2.47. The summed E-state index contributed by atoms with van der Waals surface area (Å²) >= 11 is 0. The Bertz CT molecular complexity index is 697. The minimum Gasteiger partial charge on any atom is -0.324 e. The molecule has 0 heterocycles. The minimum absolute atomic E-state index is 0.228. The van der Waals surface area contributed by atoms with Crippen molar-refractivity contribution in [1.29, 1.82) is 0 Å². The number of rotatable bonds is 6. The molecule has 0 aliphatic heterocycles. The SMILES string of the molecule is Cc1cccc(CCNS(=O)(=O)c2ccc(NN)cc2)c1. The van der Waals surface area contributed by atoms with E-state index in [1.807, 2.05) is 25.1 Å². The van der Waals surface area contributed by atoms with Crippen LogP contribution in [0.1, 0.15) is 11.1 Å². The van der Waals surface area contributed by atoms with E-state index < -0.39 is 10.0 Å². The molecule has 0 aliphatic carbocycles. The summed E-state index contributed by atoms with van der Waals surface area (Å²) in [6.07, 6.45) is 0.656. The molecule has 0 fully saturated rings. The van der Waals surface area contributed by atoms with E-state index in [-0.39, 0.29) is 4.90 Å². The lowest BCUT2D eigenvalue weighted by Gasteiger charge is -2.08. The van der Waals surface area contributed by atoms with Gasteiger partial charge in [0.25, 0.3) is 0 Å². The van der Waals surface area contributed by atoms with Crippen molar-refractivity contribution in [2.75, 3.05) is 12.0 Å². The van der Waals surface area contributed by atoms with Crippen LogP contribution < -0.4 is 16.0 Å². The van der Waals surface area contributed by atoms with Gasteiger partial charge in [0.1, 0.15) is 0 Å². The van der Waals surface area contributed by atoms with Gasteiger partial charge in [0, 0.05) is 12.2 Å². The lowest BCUT2D eigenvalue weighted by molar-refractivity contribution is 0.581. The average molecular weight is 305 g/mol. The third-order valence-corrected chi connectivity index (χ3v) is 4.60. The van der Waals surface area contributed by atoms with Crippen LogP contribution in [-0.2, 0) is 16.4 Å². The topological polar surface area (TPSA) is 84.2 Å². The lowest BCUT2D eigenvalue weighted by Crippen LogP contribution is -2.26. The summed E-state index contributed by atoms with van der Waals surface area (Å²) in [4.78, 5) is 0.228. The van der Waals surface area contributed by atoms with Crippen LogP contribution in [0.5, 0.6) is 0 Å². The van der Waals surface area contributed by atoms with Gasteiger partial charge in [-0.25, -0.2) is 13.1 Å². The fourth-order valence-electron chi connectivity index (χ4n) is 2.01. The van der Waals surface area contributed by atoms with Gasteiger partial charge >= 0.3 is 0 Å². The molecule has 0 bridgehead atoms. The highest BCUT2D eigenvalue weighted by molar-refractivity contribution is 7.89. The van der Waals surface area contributed by atoms with E-state index in [1.54, 1.807) is 12.1 Å². The largest absolute Gasteiger partial charge is 0.324 e. The molecule has 0 aliphatic rings. The maximum atomic E-state index is 12.1. The maximum absolute atomic E-state index is 12.1. The summed E-state index contributed by atoms with van der Waals surface area (Å²) in [5.41, 5.74) is 5.40. The number of anilines is 1. The Hall–Kier alpha value is -1.89. The van der Waals surface area contributed by atoms with E-state index in [0.29, 0.717) is 18.7 Å². The monoisotopic (exact) mass is 305 g/mol. The molecule has 6 heteroatoms. The molecule has 0 amide bonds. The first-order chi connectivity index (χ1) is 10.0. The molecule has 21 heavy (non-hydrogen) atoms. The van der Waals surface area contributed by atoms with Crippen molar-refractivity contribution in [3.05, 3.63) is 59.7 Å². The zero-order chi connectivity index (χ0) is 15.3. The first-order valence-electron chi connectivity index (χ1n) is 6.63. The number of hydrogen-bond donors (Lipinski definition) is 3. The third kappa shape index (κ3) is 4.29. The standard InChI is InChI=1S/C15H19N3O2S/c1-12-3-2-4-13(11-12)9-10-17-21(19,20)15-7-5-14(18-16)6-8-15/h2-8,11,17-18H,9-10,16H2,1H3. The second kappa shape index (κ2) is 6.71. The van der Waals surface area contributed by atoms with Crippen molar-refractivity contribution in [2.24, 2.45) is 5.84 Å². The first-order valence-corrected chi connectivity index (χ1v) is 8.11. The van der Waals surface area contributed by atoms with E-state index in [2.05, 4.69) is 16.2 Å². The summed E-state index contributed by atoms with van der Waals surface area (Å²) in [5, 5.41) is 0. The van der Waals surface area contributed by atoms with E-state index >= 15 is 0 Å². The third-order valence-electron chi connectivity index (χ3n) is 3.12. The molecule has 2 rings (SSSR count). The molecule has 0 unspecified atom stereocenters. The van der Waals surface area contributed by atoms with E-state index in [9.17, 15) is 8.42 Å². The van der Waals surface area contributed by atoms with Crippen LogP contribution in [0, 0.1) is 6.92 Å². The molecule has 0 atom stereocenters. The predicted molar refractivity (Wildman–Crippen MR) is 84.3 cm³/mol. The van der Waals surface area contributed by atoms with Gasteiger partial charge in [-0.05, 0) is 43.2 Å². The molecule has 0 saturated carbocycles. The number of nitrogens with two attached hydrogens (primary N) is 1. The highest BCUT2D eigenvalue weighted by Gasteiger charge is 2.12. The molecule has 112 valence electrons. The van der Waals surface area contributed by atoms with Crippen LogP contribution in [0.25, 0.3) is 0 Å². The van der Waals surface area contributed by atoms with Crippen LogP contribution >= 0.6 is 0 Å². The second-order valence-corrected chi connectivity index (χ2v) is 6.57. The zero-order valence-electron chi connectivity index (χ0n) is 11.8. The van der Waals surface area contributed by atoms with Crippen LogP contribution in [0.3, 0.4) is 0 Å². The van der Waals surface area contributed by atoms with Crippen LogP contribution in [0.15, 0.2) is 53.4 Å². The van der Waals surface area contributed by atoms with Gasteiger partial charge in [-0.1, -0.05) is 29.8 Å². The molecule has 2 aromatic rings. The smallest absolute Gasteiger partial charge is 0.240 e. The Morgan fingerprint density at radius 3 is 2.43 bits per heavy atom. The zero-order valence-corrected chi connectivity index (χ0v) is 12.7. The van der Waals surface area contributed by atoms with Gasteiger partial charge in [-0.3, -0.25) is 5.84 Å². The van der Waals surface area contributed by atoms with Gasteiger partial charge in [0.2, 0.25) is 10.0 Å². The number of benzene rings is 2. The molecule has 0 spiro atoms. The van der Waals surface area contributed by atoms with Gasteiger partial charge in [-0.15, -0.1) is 0 Å². The van der Waals surface area contributed by atoms with Gasteiger partial charge in [0.05, 0.1) is 4.90 Å². The molecular formula is C15H19N3O2S. The number of hydrogen-bond acceptors (Lipinski definition) is 4. The quantitative estimate of drug-likeness (QED) is 0.561. The van der Waals surface area contributed by atoms with Crippen molar-refractivity contribution < 1.29 is 8.42 Å². The molecule has 5 nitrogen and oxygen atoms in total. The summed E-state index contributed by atoms with van der Waals surface area (Å²) in [6.45, 7) is 2.38. The van der Waals surface area contributed by atoms with Gasteiger partial charge < -0.3 is 5.43 Å². The Balaban J connectivity index is 1.97. The Labute approximate surface area is 125 Å². The van der Waals surface area contributed by atoms with E-state index in [4.69, 9.17) is 5.84 Å². The Morgan fingerprint density at radius 1 is 1.10 bits per heavy atom. The van der Waals surface area contributed by atoms with E-state index in [0.717, 1.165) is 5.56 Å². The Kier molecular flexibility index (Phi) is 4.95. The predicted octanol–water partition coefficient (Wildman–Crippen LogP) is 1.80. The number of nitrogen functional groups attached to an aromatic ring is 1. The fourth-order valence-corrected chi connectivity index (χ4v) is 3.04. The highest BCUT2D eigenvalue weighted by Crippen LogP contribution is 2.13. The fraction of sp³-hybridized carbons (Fsp3) is 0.200. The highest BCUT2D eigenvalue weighted by atomic mass is 32.2. The Morgan fingerprint density at radius 2 is 1.81 bits per heavy atom. The lowest BCUT2D eigenvalue weighted by atomic mass is 10.1. The van der Waals surface area contributed by atoms with E-state index in [1.165, 1.54) is 17.7 Å². The van der Waals surface area contributed by atoms with Crippen molar-refractivity contribution in [3.63, 3.8) is 0 Å². The van der Waals surface area contributed by atoms with Crippen molar-refractivity contribution >= 4 is 15.7 Å². The number of sulfonamides is 1. The van der Waals surface area contributed by atoms with Crippen molar-refractivity contribution in [1.82, 2.24) is 4.72 Å². The van der Waals surface area contributed by atoms with Crippen LogP contribution in [-0.4, -0.2) is 15.0 Å². The second-order valence-electron chi connectivity index (χ2n) is 4.81. The minimum atomic E-state index is -3.48. The maximum Gasteiger partial charge on any atom is 0.240 e. The first kappa shape index (κ1) is 15.5. The molecule has 4 N–H and O–H groups in total. The summed E-state index contributed by atoms with van der Waals surface area (Å²) in [7, 11) is -3.48. The molecule has 0 radical (unpaired) electrons. The summed E-state index contributed by atoms with van der Waals surface area (Å²) in [5.74, 6) is 5.25. The van der Waals surface area contributed by atoms with Crippen LogP contribution in [0.4, 0.5) is 5.69 Å². The normalized spacial score (nSPS) is 11.3. The van der Waals surface area contributed by atoms with Gasteiger partial charge in [0.15, 0.2) is 0 Å². The number of aryl methyl sites for hydroxylation is 1. The van der Waals surface area contributed by atoms with Crippen LogP contribution in [0.2, 0.25) is 0 Å². The van der Waals surface area contributed by atoms with Crippen molar-refractivity contribution in [2.45, 2.75) is 18.2 Å². The number of nitrogens with one attached hydrogen (secondary N) is 2. The molecule has 0 saturated heterocycles. The van der Waals surface area contributed by atoms with Crippen molar-refractivity contribution in [3.8, 4) is 0 Å². The summed E-state index contributed by atoms with van der Waals surface area (Å²) in [6, 6.07) is 14.3. The number of hydrazine groups is 1. The molecule has 0 aromatic heterocycles. The van der Waals surface area contributed by atoms with Gasteiger partial charge in [-0.2, -0.15) is 0 Å². The molecule has 2 aromatic carbocycles. The molecular weight excluding hydrogens is 286 g/mol. The summed E-state index contributed by atoms with van der Waals surface area (Å²) < 4.78 is 26.9.